The zero-order chi connectivity index (χ0) is 11.1. The van der Waals surface area contributed by atoms with Crippen molar-refractivity contribution in [2.75, 3.05) is 6.61 Å². The Hall–Kier alpha value is -1.10. The van der Waals surface area contributed by atoms with Gasteiger partial charge < -0.3 is 14.6 Å². The molecule has 84 valence electrons. The van der Waals surface area contributed by atoms with E-state index in [0.717, 1.165) is 0 Å². The lowest BCUT2D eigenvalue weighted by atomic mass is 9.82. The number of carbonyl (C=O) groups is 2. The maximum atomic E-state index is 11.0. The van der Waals surface area contributed by atoms with E-state index < -0.39 is 17.2 Å². The summed E-state index contributed by atoms with van der Waals surface area (Å²) in [5.74, 6) is -1.25. The molecule has 5 heteroatoms. The molecule has 0 unspecified atom stereocenters. The number of ether oxygens (including phenoxy) is 2. The van der Waals surface area contributed by atoms with Crippen LogP contribution in [-0.2, 0) is 19.1 Å². The van der Waals surface area contributed by atoms with Crippen LogP contribution in [-0.4, -0.2) is 34.9 Å². The van der Waals surface area contributed by atoms with Crippen molar-refractivity contribution in [2.45, 2.75) is 43.8 Å². The number of fused-ring (bicyclic) bond motifs is 2. The number of carbonyl (C=O) groups excluding carboxylic acids is 1. The van der Waals surface area contributed by atoms with Crippen LogP contribution in [0.3, 0.4) is 0 Å². The van der Waals surface area contributed by atoms with Crippen molar-refractivity contribution in [2.24, 2.45) is 0 Å². The Morgan fingerprint density at radius 3 is 2.33 bits per heavy atom. The van der Waals surface area contributed by atoms with Crippen LogP contribution >= 0.6 is 0 Å². The minimum Gasteiger partial charge on any atom is -0.479 e. The minimum atomic E-state index is -1.01. The van der Waals surface area contributed by atoms with Crippen LogP contribution in [0.2, 0.25) is 0 Å². The van der Waals surface area contributed by atoms with Gasteiger partial charge in [0.25, 0.3) is 0 Å². The first-order chi connectivity index (χ1) is 6.98. The Bertz CT molecular complexity index is 301. The molecule has 5 nitrogen and oxygen atoms in total. The summed E-state index contributed by atoms with van der Waals surface area (Å²) in [6, 6.07) is 0. The summed E-state index contributed by atoms with van der Waals surface area (Å²) in [6.45, 7) is 1.52. The summed E-state index contributed by atoms with van der Waals surface area (Å²) in [4.78, 5) is 21.7. The summed E-state index contributed by atoms with van der Waals surface area (Å²) < 4.78 is 10.5. The highest BCUT2D eigenvalue weighted by Crippen LogP contribution is 2.51. The van der Waals surface area contributed by atoms with Crippen LogP contribution in [0.1, 0.15) is 32.6 Å². The fourth-order valence-corrected chi connectivity index (χ4v) is 2.39. The Balaban J connectivity index is 2.04. The average Bonchev–Trinajstić information content (AvgIpc) is 2.72. The van der Waals surface area contributed by atoms with Gasteiger partial charge in [-0.1, -0.05) is 0 Å². The van der Waals surface area contributed by atoms with E-state index in [-0.39, 0.29) is 12.6 Å². The molecular weight excluding hydrogens is 200 g/mol. The number of aliphatic carboxylic acids is 1. The molecule has 0 aromatic rings. The molecule has 2 saturated heterocycles. The number of esters is 1. The predicted molar refractivity (Wildman–Crippen MR) is 49.3 cm³/mol. The number of rotatable bonds is 3. The first kappa shape index (κ1) is 10.4. The molecule has 2 aliphatic heterocycles. The van der Waals surface area contributed by atoms with Gasteiger partial charge in [-0.2, -0.15) is 0 Å². The van der Waals surface area contributed by atoms with E-state index >= 15 is 0 Å². The van der Waals surface area contributed by atoms with Crippen molar-refractivity contribution in [1.82, 2.24) is 0 Å². The van der Waals surface area contributed by atoms with Gasteiger partial charge in [-0.05, 0) is 25.7 Å². The third kappa shape index (κ3) is 1.61. The lowest BCUT2D eigenvalue weighted by Crippen LogP contribution is -2.35. The topological polar surface area (TPSA) is 72.8 Å². The highest BCUT2D eigenvalue weighted by Gasteiger charge is 2.60. The van der Waals surface area contributed by atoms with Crippen LogP contribution in [0, 0.1) is 0 Å². The van der Waals surface area contributed by atoms with Crippen LogP contribution < -0.4 is 0 Å². The molecule has 0 atom stereocenters. The van der Waals surface area contributed by atoms with Gasteiger partial charge in [-0.15, -0.1) is 0 Å². The second-order valence-corrected chi connectivity index (χ2v) is 4.36. The molecule has 2 bridgehead atoms. The summed E-state index contributed by atoms with van der Waals surface area (Å²) in [6.07, 6.45) is 2.35. The summed E-state index contributed by atoms with van der Waals surface area (Å²) in [5.41, 5.74) is -1.55. The van der Waals surface area contributed by atoms with E-state index in [4.69, 9.17) is 14.6 Å². The minimum absolute atomic E-state index is 0.178. The van der Waals surface area contributed by atoms with Gasteiger partial charge in [-0.25, -0.2) is 4.79 Å². The number of carboxylic acid groups (broad SMARTS) is 1. The quantitative estimate of drug-likeness (QED) is 0.700. The predicted octanol–water partition coefficient (Wildman–Crippen LogP) is 0.716. The fraction of sp³-hybridized carbons (Fsp3) is 0.800. The third-order valence-electron chi connectivity index (χ3n) is 3.31. The zero-order valence-electron chi connectivity index (χ0n) is 8.62. The van der Waals surface area contributed by atoms with E-state index in [1.807, 2.05) is 0 Å². The maximum absolute atomic E-state index is 11.0. The standard InChI is InChI=1S/C10H14O5/c1-7(11)14-6-9-2-4-10(15-9,5-3-9)8(12)13/h2-6H2,1H3,(H,12,13). The molecule has 0 aliphatic carbocycles. The number of hydrogen-bond acceptors (Lipinski definition) is 4. The largest absolute Gasteiger partial charge is 0.479 e. The van der Waals surface area contributed by atoms with Crippen molar-refractivity contribution < 1.29 is 24.2 Å². The molecule has 2 heterocycles. The van der Waals surface area contributed by atoms with Crippen molar-refractivity contribution in [3.63, 3.8) is 0 Å². The van der Waals surface area contributed by atoms with Gasteiger partial charge >= 0.3 is 11.9 Å². The first-order valence-electron chi connectivity index (χ1n) is 5.05. The molecule has 0 saturated carbocycles. The van der Waals surface area contributed by atoms with Crippen LogP contribution in [0.4, 0.5) is 0 Å². The lowest BCUT2D eigenvalue weighted by molar-refractivity contribution is -0.167. The Morgan fingerprint density at radius 1 is 1.33 bits per heavy atom. The van der Waals surface area contributed by atoms with E-state index in [9.17, 15) is 9.59 Å². The summed E-state index contributed by atoms with van der Waals surface area (Å²) in [5, 5.41) is 9.05. The van der Waals surface area contributed by atoms with Crippen LogP contribution in [0.25, 0.3) is 0 Å². The van der Waals surface area contributed by atoms with Gasteiger partial charge in [-0.3, -0.25) is 4.79 Å². The molecular formula is C10H14O5. The van der Waals surface area contributed by atoms with Crippen molar-refractivity contribution >= 4 is 11.9 Å². The Morgan fingerprint density at radius 2 is 1.93 bits per heavy atom. The molecule has 0 amide bonds. The molecule has 15 heavy (non-hydrogen) atoms. The van der Waals surface area contributed by atoms with Gasteiger partial charge in [0.2, 0.25) is 0 Å². The zero-order valence-corrected chi connectivity index (χ0v) is 8.62. The summed E-state index contributed by atoms with van der Waals surface area (Å²) >= 11 is 0. The highest BCUT2D eigenvalue weighted by molar-refractivity contribution is 5.78. The molecule has 0 aromatic carbocycles. The molecule has 0 aromatic heterocycles. The Kier molecular flexibility index (Phi) is 2.22. The molecule has 2 rings (SSSR count). The van der Waals surface area contributed by atoms with Crippen molar-refractivity contribution in [3.05, 3.63) is 0 Å². The van der Waals surface area contributed by atoms with E-state index in [1.165, 1.54) is 6.92 Å². The van der Waals surface area contributed by atoms with Gasteiger partial charge in [0, 0.05) is 6.92 Å². The van der Waals surface area contributed by atoms with E-state index in [0.29, 0.717) is 25.7 Å². The SMILES string of the molecule is CC(=O)OCC12CCC(C(=O)O)(CC1)O2. The molecule has 1 N–H and O–H groups in total. The second-order valence-electron chi connectivity index (χ2n) is 4.36. The van der Waals surface area contributed by atoms with Crippen LogP contribution in [0.5, 0.6) is 0 Å². The fourth-order valence-electron chi connectivity index (χ4n) is 2.39. The molecule has 0 radical (unpaired) electrons. The molecule has 2 fully saturated rings. The van der Waals surface area contributed by atoms with E-state index in [2.05, 4.69) is 0 Å². The molecule has 0 spiro atoms. The summed E-state index contributed by atoms with van der Waals surface area (Å²) in [7, 11) is 0. The third-order valence-corrected chi connectivity index (χ3v) is 3.31. The smallest absolute Gasteiger partial charge is 0.336 e. The normalized spacial score (nSPS) is 37.9. The van der Waals surface area contributed by atoms with Gasteiger partial charge in [0.15, 0.2) is 5.60 Å². The average molecular weight is 214 g/mol. The monoisotopic (exact) mass is 214 g/mol. The van der Waals surface area contributed by atoms with E-state index in [1.54, 1.807) is 0 Å². The van der Waals surface area contributed by atoms with Crippen LogP contribution in [0.15, 0.2) is 0 Å². The molecule has 2 aliphatic rings. The van der Waals surface area contributed by atoms with Gasteiger partial charge in [0.1, 0.15) is 12.2 Å². The Labute approximate surface area is 87.4 Å². The second kappa shape index (κ2) is 3.20. The van der Waals surface area contributed by atoms with Gasteiger partial charge in [0.05, 0.1) is 0 Å². The first-order valence-corrected chi connectivity index (χ1v) is 5.05. The number of hydrogen-bond donors (Lipinski definition) is 1. The lowest BCUT2D eigenvalue weighted by Gasteiger charge is -2.22. The van der Waals surface area contributed by atoms with Crippen molar-refractivity contribution in [3.8, 4) is 0 Å². The highest BCUT2D eigenvalue weighted by atomic mass is 16.6. The van der Waals surface area contributed by atoms with Crippen molar-refractivity contribution in [1.29, 1.82) is 0 Å². The number of carboxylic acids is 1. The maximum Gasteiger partial charge on any atom is 0.336 e.